The first-order valence-electron chi connectivity index (χ1n) is 7.43. The summed E-state index contributed by atoms with van der Waals surface area (Å²) in [5.41, 5.74) is -0.240. The summed E-state index contributed by atoms with van der Waals surface area (Å²) in [5.74, 6) is -3.41. The predicted molar refractivity (Wildman–Crippen MR) is 89.3 cm³/mol. The van der Waals surface area contributed by atoms with Gasteiger partial charge in [0.05, 0.1) is 0 Å². The number of carbonyl (C=O) groups is 4. The van der Waals surface area contributed by atoms with E-state index in [1.54, 1.807) is 12.1 Å². The zero-order valence-corrected chi connectivity index (χ0v) is 14.2. The average molecular weight is 360 g/mol. The second-order valence-electron chi connectivity index (χ2n) is 5.25. The fourth-order valence-electron chi connectivity index (χ4n) is 2.19. The van der Waals surface area contributed by atoms with Crippen LogP contribution in [0.2, 0.25) is 0 Å². The molecule has 0 fully saturated rings. The zero-order valence-electron chi connectivity index (χ0n) is 14.2. The minimum atomic E-state index is -1.19. The number of amides is 1. The van der Waals surface area contributed by atoms with Crippen LogP contribution in [0.15, 0.2) is 46.9 Å². The van der Waals surface area contributed by atoms with E-state index in [0.29, 0.717) is 11.4 Å². The molecule has 0 spiro atoms. The van der Waals surface area contributed by atoms with E-state index in [1.165, 1.54) is 26.1 Å². The molecule has 0 saturated carbocycles. The Hall–Kier alpha value is -3.62. The van der Waals surface area contributed by atoms with Crippen molar-refractivity contribution in [2.75, 3.05) is 12.4 Å². The number of hydrogen-bond acceptors (Lipinski definition) is 8. The second-order valence-corrected chi connectivity index (χ2v) is 5.25. The van der Waals surface area contributed by atoms with Crippen LogP contribution >= 0.6 is 0 Å². The highest BCUT2D eigenvalue weighted by molar-refractivity contribution is 6.23. The van der Waals surface area contributed by atoms with Crippen molar-refractivity contribution >= 4 is 29.5 Å². The van der Waals surface area contributed by atoms with E-state index in [0.717, 1.165) is 6.92 Å². The molecule has 3 N–H and O–H groups in total. The van der Waals surface area contributed by atoms with Crippen LogP contribution in [0.1, 0.15) is 13.8 Å². The number of aliphatic hydroxyl groups excluding tert-OH is 1. The highest BCUT2D eigenvalue weighted by Crippen LogP contribution is 2.26. The third kappa shape index (κ3) is 3.89. The number of aliphatic hydroxyl groups is 1. The summed E-state index contributed by atoms with van der Waals surface area (Å²) in [6, 6.07) is 6.15. The Balaban J connectivity index is 2.30. The molecule has 2 rings (SSSR count). The molecule has 136 valence electrons. The van der Waals surface area contributed by atoms with Gasteiger partial charge in [-0.1, -0.05) is 0 Å². The zero-order chi connectivity index (χ0) is 19.4. The Labute approximate surface area is 148 Å². The third-order valence-electron chi connectivity index (χ3n) is 3.40. The highest BCUT2D eigenvalue weighted by atomic mass is 16.6. The SMILES string of the molecule is CNC(=O)Oc1ccc(NC(C)=C2C(=O)OC(=O)C(C(C)=O)=C2O)cc1. The number of Topliss-reactive ketones (excluding diaryl/α,β-unsaturated/α-hetero) is 1. The Morgan fingerprint density at radius 1 is 1.08 bits per heavy atom. The molecule has 1 aromatic rings. The van der Waals surface area contributed by atoms with Gasteiger partial charge < -0.3 is 25.2 Å². The van der Waals surface area contributed by atoms with Gasteiger partial charge in [0.15, 0.2) is 5.78 Å². The minimum absolute atomic E-state index is 0.165. The molecule has 1 aliphatic heterocycles. The third-order valence-corrected chi connectivity index (χ3v) is 3.40. The number of nitrogens with one attached hydrogen (secondary N) is 2. The Morgan fingerprint density at radius 2 is 1.69 bits per heavy atom. The lowest BCUT2D eigenvalue weighted by atomic mass is 10.0. The van der Waals surface area contributed by atoms with Crippen molar-refractivity contribution in [3.8, 4) is 5.75 Å². The summed E-state index contributed by atoms with van der Waals surface area (Å²) in [6.45, 7) is 2.55. The monoisotopic (exact) mass is 360 g/mol. The number of esters is 2. The molecule has 1 amide bonds. The van der Waals surface area contributed by atoms with Crippen LogP contribution in [-0.2, 0) is 19.1 Å². The van der Waals surface area contributed by atoms with Gasteiger partial charge in [-0.2, -0.15) is 0 Å². The Bertz CT molecular complexity index is 850. The number of ether oxygens (including phenoxy) is 2. The van der Waals surface area contributed by atoms with Gasteiger partial charge in [0.25, 0.3) is 0 Å². The van der Waals surface area contributed by atoms with E-state index in [-0.39, 0.29) is 11.3 Å². The molecule has 0 aromatic heterocycles. The van der Waals surface area contributed by atoms with E-state index >= 15 is 0 Å². The largest absolute Gasteiger partial charge is 0.506 e. The molecule has 1 heterocycles. The second kappa shape index (κ2) is 7.51. The van der Waals surface area contributed by atoms with Crippen molar-refractivity contribution in [1.82, 2.24) is 5.32 Å². The van der Waals surface area contributed by atoms with Crippen molar-refractivity contribution in [1.29, 1.82) is 0 Å². The lowest BCUT2D eigenvalue weighted by Gasteiger charge is -2.18. The van der Waals surface area contributed by atoms with Gasteiger partial charge in [0.1, 0.15) is 22.7 Å². The van der Waals surface area contributed by atoms with Gasteiger partial charge in [0, 0.05) is 18.4 Å². The van der Waals surface area contributed by atoms with E-state index in [9.17, 15) is 24.3 Å². The minimum Gasteiger partial charge on any atom is -0.506 e. The summed E-state index contributed by atoms with van der Waals surface area (Å²) in [4.78, 5) is 46.1. The lowest BCUT2D eigenvalue weighted by molar-refractivity contribution is -0.155. The fourth-order valence-corrected chi connectivity index (χ4v) is 2.19. The van der Waals surface area contributed by atoms with Gasteiger partial charge in [0.2, 0.25) is 0 Å². The van der Waals surface area contributed by atoms with Crippen molar-refractivity contribution < 1.29 is 33.8 Å². The molecular weight excluding hydrogens is 344 g/mol. The van der Waals surface area contributed by atoms with Crippen molar-refractivity contribution in [2.45, 2.75) is 13.8 Å². The molecule has 9 heteroatoms. The molecule has 0 bridgehead atoms. The molecule has 9 nitrogen and oxygen atoms in total. The average Bonchev–Trinajstić information content (AvgIpc) is 2.55. The van der Waals surface area contributed by atoms with Crippen LogP contribution in [0.25, 0.3) is 0 Å². The first kappa shape index (κ1) is 18.7. The van der Waals surface area contributed by atoms with Crippen LogP contribution in [0.4, 0.5) is 10.5 Å². The van der Waals surface area contributed by atoms with Crippen LogP contribution in [0, 0.1) is 0 Å². The lowest BCUT2D eigenvalue weighted by Crippen LogP contribution is -2.29. The first-order valence-corrected chi connectivity index (χ1v) is 7.43. The van der Waals surface area contributed by atoms with E-state index in [4.69, 9.17) is 4.74 Å². The number of hydrogen-bond donors (Lipinski definition) is 3. The number of benzene rings is 1. The molecule has 26 heavy (non-hydrogen) atoms. The topological polar surface area (TPSA) is 131 Å². The van der Waals surface area contributed by atoms with E-state index in [1.807, 2.05) is 0 Å². The molecule has 0 radical (unpaired) electrons. The Kier molecular flexibility index (Phi) is 5.41. The summed E-state index contributed by atoms with van der Waals surface area (Å²) < 4.78 is 9.44. The van der Waals surface area contributed by atoms with Crippen LogP contribution in [0.3, 0.4) is 0 Å². The molecule has 1 aliphatic rings. The smallest absolute Gasteiger partial charge is 0.412 e. The van der Waals surface area contributed by atoms with Crippen molar-refractivity contribution in [2.24, 2.45) is 0 Å². The molecule has 0 saturated heterocycles. The van der Waals surface area contributed by atoms with Crippen LogP contribution < -0.4 is 15.4 Å². The molecule has 0 atom stereocenters. The quantitative estimate of drug-likeness (QED) is 0.319. The highest BCUT2D eigenvalue weighted by Gasteiger charge is 2.36. The molecule has 1 aromatic carbocycles. The standard InChI is InChI=1S/C17H16N2O7/c1-8(12-14(21)13(9(2)20)16(23)26-15(12)22)19-10-4-6-11(7-5-10)25-17(24)18-3/h4-7,19,21H,1-3H3,(H,18,24). The van der Waals surface area contributed by atoms with E-state index in [2.05, 4.69) is 15.4 Å². The fraction of sp³-hybridized carbons (Fsp3) is 0.176. The molecule has 0 unspecified atom stereocenters. The van der Waals surface area contributed by atoms with Crippen LogP contribution in [-0.4, -0.2) is 36.0 Å². The number of ketones is 1. The van der Waals surface area contributed by atoms with Gasteiger partial charge >= 0.3 is 18.0 Å². The maximum atomic E-state index is 11.9. The van der Waals surface area contributed by atoms with Crippen LogP contribution in [0.5, 0.6) is 5.75 Å². The summed E-state index contributed by atoms with van der Waals surface area (Å²) >= 11 is 0. The van der Waals surface area contributed by atoms with Crippen molar-refractivity contribution in [3.63, 3.8) is 0 Å². The number of rotatable bonds is 4. The van der Waals surface area contributed by atoms with Gasteiger partial charge in [-0.05, 0) is 38.1 Å². The number of anilines is 1. The summed E-state index contributed by atoms with van der Waals surface area (Å²) in [6.07, 6.45) is -0.620. The number of allylic oxidation sites excluding steroid dienone is 1. The summed E-state index contributed by atoms with van der Waals surface area (Å²) in [5, 5.41) is 15.3. The predicted octanol–water partition coefficient (Wildman–Crippen LogP) is 1.58. The van der Waals surface area contributed by atoms with Gasteiger partial charge in [-0.3, -0.25) is 4.79 Å². The number of carbonyl (C=O) groups excluding carboxylic acids is 4. The maximum Gasteiger partial charge on any atom is 0.412 e. The first-order chi connectivity index (χ1) is 12.2. The van der Waals surface area contributed by atoms with Gasteiger partial charge in [-0.25, -0.2) is 14.4 Å². The molecule has 0 aliphatic carbocycles. The van der Waals surface area contributed by atoms with Gasteiger partial charge in [-0.15, -0.1) is 0 Å². The summed E-state index contributed by atoms with van der Waals surface area (Å²) in [7, 11) is 1.43. The van der Waals surface area contributed by atoms with E-state index < -0.39 is 35.1 Å². The van der Waals surface area contributed by atoms with Crippen molar-refractivity contribution in [3.05, 3.63) is 46.9 Å². The normalized spacial score (nSPS) is 16.0. The Morgan fingerprint density at radius 3 is 2.23 bits per heavy atom. The number of cyclic esters (lactones) is 2. The maximum absolute atomic E-state index is 11.9. The molecular formula is C17H16N2O7.